The number of alkyl halides is 1. The van der Waals surface area contributed by atoms with E-state index in [2.05, 4.69) is 18.8 Å². The molecule has 12 heavy (non-hydrogen) atoms. The molecular formula is C10H14ClN. The predicted octanol–water partition coefficient (Wildman–Crippen LogP) is 2.81. The normalized spacial score (nSPS) is 12.9. The van der Waals surface area contributed by atoms with E-state index in [4.69, 9.17) is 11.6 Å². The molecule has 2 heteroatoms. The zero-order chi connectivity index (χ0) is 8.97. The van der Waals surface area contributed by atoms with Crippen molar-refractivity contribution in [3.05, 3.63) is 29.6 Å². The van der Waals surface area contributed by atoms with E-state index in [9.17, 15) is 0 Å². The molecule has 0 saturated carbocycles. The Kier molecular flexibility index (Phi) is 3.54. The van der Waals surface area contributed by atoms with Crippen LogP contribution in [-0.2, 0) is 6.42 Å². The van der Waals surface area contributed by atoms with E-state index in [1.165, 1.54) is 11.1 Å². The summed E-state index contributed by atoms with van der Waals surface area (Å²) in [6, 6.07) is 2.04. The predicted molar refractivity (Wildman–Crippen MR) is 52.6 cm³/mol. The van der Waals surface area contributed by atoms with Crippen molar-refractivity contribution in [3.63, 3.8) is 0 Å². The molecule has 0 saturated heterocycles. The lowest BCUT2D eigenvalue weighted by molar-refractivity contribution is 0.650. The van der Waals surface area contributed by atoms with Gasteiger partial charge in [-0.15, -0.1) is 11.6 Å². The van der Waals surface area contributed by atoms with Gasteiger partial charge in [-0.3, -0.25) is 4.98 Å². The Morgan fingerprint density at radius 1 is 1.58 bits per heavy atom. The first-order valence-corrected chi connectivity index (χ1v) is 4.73. The standard InChI is InChI=1S/C10H14ClN/c1-8(6-11)5-10-7-12-4-3-9(10)2/h3-4,7-8H,5-6H2,1-2H3. The van der Waals surface area contributed by atoms with Gasteiger partial charge in [0.1, 0.15) is 0 Å². The van der Waals surface area contributed by atoms with Crippen molar-refractivity contribution < 1.29 is 0 Å². The van der Waals surface area contributed by atoms with E-state index < -0.39 is 0 Å². The smallest absolute Gasteiger partial charge is 0.0302 e. The molecule has 0 aliphatic heterocycles. The van der Waals surface area contributed by atoms with Crippen molar-refractivity contribution in [3.8, 4) is 0 Å². The molecular weight excluding hydrogens is 170 g/mol. The summed E-state index contributed by atoms with van der Waals surface area (Å²) >= 11 is 5.73. The van der Waals surface area contributed by atoms with Gasteiger partial charge in [-0.1, -0.05) is 6.92 Å². The average Bonchev–Trinajstić information content (AvgIpc) is 2.09. The van der Waals surface area contributed by atoms with Crippen molar-refractivity contribution in [2.75, 3.05) is 5.88 Å². The van der Waals surface area contributed by atoms with Gasteiger partial charge in [-0.25, -0.2) is 0 Å². The van der Waals surface area contributed by atoms with Crippen molar-refractivity contribution >= 4 is 11.6 Å². The van der Waals surface area contributed by atoms with Gasteiger partial charge in [0.2, 0.25) is 0 Å². The van der Waals surface area contributed by atoms with Crippen molar-refractivity contribution in [2.45, 2.75) is 20.3 Å². The molecule has 0 fully saturated rings. The average molecular weight is 184 g/mol. The maximum absolute atomic E-state index is 5.73. The Bertz CT molecular complexity index is 247. The van der Waals surface area contributed by atoms with Crippen LogP contribution in [0.4, 0.5) is 0 Å². The fourth-order valence-electron chi connectivity index (χ4n) is 1.14. The van der Waals surface area contributed by atoms with Gasteiger partial charge < -0.3 is 0 Å². The number of aryl methyl sites for hydroxylation is 1. The number of rotatable bonds is 3. The number of halogens is 1. The van der Waals surface area contributed by atoms with Crippen LogP contribution in [0.2, 0.25) is 0 Å². The SMILES string of the molecule is Cc1ccncc1CC(C)CCl. The van der Waals surface area contributed by atoms with Crippen LogP contribution in [0.25, 0.3) is 0 Å². The lowest BCUT2D eigenvalue weighted by Gasteiger charge is -2.08. The maximum atomic E-state index is 5.73. The maximum Gasteiger partial charge on any atom is 0.0302 e. The summed E-state index contributed by atoms with van der Waals surface area (Å²) in [5.41, 5.74) is 2.62. The highest BCUT2D eigenvalue weighted by molar-refractivity contribution is 6.18. The second-order valence-electron chi connectivity index (χ2n) is 3.27. The van der Waals surface area contributed by atoms with Crippen molar-refractivity contribution in [2.24, 2.45) is 5.92 Å². The van der Waals surface area contributed by atoms with E-state index in [1.807, 2.05) is 18.5 Å². The largest absolute Gasteiger partial charge is 0.264 e. The lowest BCUT2D eigenvalue weighted by atomic mass is 10.0. The minimum absolute atomic E-state index is 0.537. The van der Waals surface area contributed by atoms with E-state index >= 15 is 0 Å². The first kappa shape index (κ1) is 9.53. The number of pyridine rings is 1. The molecule has 66 valence electrons. The molecule has 1 nitrogen and oxygen atoms in total. The molecule has 0 aliphatic carbocycles. The molecule has 0 aliphatic rings. The second kappa shape index (κ2) is 4.46. The summed E-state index contributed by atoms with van der Waals surface area (Å²) in [5, 5.41) is 0. The van der Waals surface area contributed by atoms with Gasteiger partial charge >= 0.3 is 0 Å². The second-order valence-corrected chi connectivity index (χ2v) is 3.57. The number of hydrogen-bond acceptors (Lipinski definition) is 1. The van der Waals surface area contributed by atoms with Crippen LogP contribution in [0.3, 0.4) is 0 Å². The van der Waals surface area contributed by atoms with Crippen LogP contribution in [-0.4, -0.2) is 10.9 Å². The van der Waals surface area contributed by atoms with Crippen LogP contribution in [0.15, 0.2) is 18.5 Å². The van der Waals surface area contributed by atoms with Gasteiger partial charge in [-0.05, 0) is 36.5 Å². The fraction of sp³-hybridized carbons (Fsp3) is 0.500. The Morgan fingerprint density at radius 3 is 2.92 bits per heavy atom. The molecule has 0 radical (unpaired) electrons. The molecule has 1 atom stereocenters. The van der Waals surface area contributed by atoms with Crippen molar-refractivity contribution in [1.82, 2.24) is 4.98 Å². The molecule has 0 amide bonds. The van der Waals surface area contributed by atoms with Crippen LogP contribution < -0.4 is 0 Å². The zero-order valence-electron chi connectivity index (χ0n) is 7.55. The van der Waals surface area contributed by atoms with Crippen LogP contribution in [0, 0.1) is 12.8 Å². The summed E-state index contributed by atoms with van der Waals surface area (Å²) < 4.78 is 0. The fourth-order valence-corrected chi connectivity index (χ4v) is 1.25. The minimum atomic E-state index is 0.537. The monoisotopic (exact) mass is 183 g/mol. The molecule has 1 aromatic heterocycles. The summed E-state index contributed by atoms with van der Waals surface area (Å²) in [5.74, 6) is 1.25. The molecule has 0 bridgehead atoms. The van der Waals surface area contributed by atoms with Gasteiger partial charge in [0, 0.05) is 18.3 Å². The third-order valence-corrected chi connectivity index (χ3v) is 2.51. The van der Waals surface area contributed by atoms with Crippen LogP contribution in [0.1, 0.15) is 18.1 Å². The third-order valence-electron chi connectivity index (χ3n) is 1.98. The lowest BCUT2D eigenvalue weighted by Crippen LogP contribution is -2.02. The molecule has 1 unspecified atom stereocenters. The first-order chi connectivity index (χ1) is 5.74. The first-order valence-electron chi connectivity index (χ1n) is 4.19. The number of nitrogens with zero attached hydrogens (tertiary/aromatic N) is 1. The van der Waals surface area contributed by atoms with E-state index in [0.29, 0.717) is 11.8 Å². The quantitative estimate of drug-likeness (QED) is 0.657. The number of aromatic nitrogens is 1. The topological polar surface area (TPSA) is 12.9 Å². The molecule has 1 heterocycles. The highest BCUT2D eigenvalue weighted by atomic mass is 35.5. The van der Waals surface area contributed by atoms with Gasteiger partial charge in [0.05, 0.1) is 0 Å². The van der Waals surface area contributed by atoms with Gasteiger partial charge in [0.15, 0.2) is 0 Å². The van der Waals surface area contributed by atoms with Crippen LogP contribution in [0.5, 0.6) is 0 Å². The zero-order valence-corrected chi connectivity index (χ0v) is 8.30. The van der Waals surface area contributed by atoms with Crippen LogP contribution >= 0.6 is 11.6 Å². The van der Waals surface area contributed by atoms with Gasteiger partial charge in [-0.2, -0.15) is 0 Å². The summed E-state index contributed by atoms with van der Waals surface area (Å²) in [7, 11) is 0. The summed E-state index contributed by atoms with van der Waals surface area (Å²) in [6.45, 7) is 4.26. The van der Waals surface area contributed by atoms with E-state index in [1.54, 1.807) is 0 Å². The Labute approximate surface area is 78.8 Å². The molecule has 0 N–H and O–H groups in total. The van der Waals surface area contributed by atoms with E-state index in [0.717, 1.165) is 6.42 Å². The Morgan fingerprint density at radius 2 is 2.33 bits per heavy atom. The van der Waals surface area contributed by atoms with E-state index in [-0.39, 0.29) is 0 Å². The molecule has 0 spiro atoms. The summed E-state index contributed by atoms with van der Waals surface area (Å²) in [6.07, 6.45) is 4.78. The molecule has 1 rings (SSSR count). The highest BCUT2D eigenvalue weighted by Crippen LogP contribution is 2.12. The third kappa shape index (κ3) is 2.49. The summed E-state index contributed by atoms with van der Waals surface area (Å²) in [4.78, 5) is 4.09. The van der Waals surface area contributed by atoms with Gasteiger partial charge in [0.25, 0.3) is 0 Å². The molecule has 0 aromatic carbocycles. The van der Waals surface area contributed by atoms with Crippen molar-refractivity contribution in [1.29, 1.82) is 0 Å². The number of hydrogen-bond donors (Lipinski definition) is 0. The highest BCUT2D eigenvalue weighted by Gasteiger charge is 2.03. The molecule has 1 aromatic rings. The minimum Gasteiger partial charge on any atom is -0.264 e. The Balaban J connectivity index is 2.69. The Hall–Kier alpha value is -0.560.